The second-order valence-corrected chi connectivity index (χ2v) is 10.3. The van der Waals surface area contributed by atoms with Crippen molar-refractivity contribution >= 4 is 30.3 Å². The van der Waals surface area contributed by atoms with Crippen LogP contribution in [0.5, 0.6) is 5.75 Å². The van der Waals surface area contributed by atoms with Crippen molar-refractivity contribution in [1.29, 1.82) is 0 Å². The highest BCUT2D eigenvalue weighted by molar-refractivity contribution is 7.09. The lowest BCUT2D eigenvalue weighted by molar-refractivity contribution is -0.140. The Bertz CT molecular complexity index is 1060. The maximum Gasteiger partial charge on any atom is 0.487 e. The van der Waals surface area contributed by atoms with Crippen LogP contribution < -0.4 is 0 Å². The number of carbonyl (C=O) groups excluding carboxylic acids is 2. The molecule has 6 nitrogen and oxygen atoms in total. The smallest absolute Gasteiger partial charge is 0.487 e. The van der Waals surface area contributed by atoms with Crippen LogP contribution in [0.25, 0.3) is 0 Å². The Labute approximate surface area is 191 Å². The molecule has 0 radical (unpaired) electrons. The Morgan fingerprint density at radius 1 is 1.16 bits per heavy atom. The zero-order chi connectivity index (χ0) is 22.6. The van der Waals surface area contributed by atoms with E-state index >= 15 is 0 Å². The third-order valence-electron chi connectivity index (χ3n) is 7.09. The molecule has 1 aromatic carbocycles. The van der Waals surface area contributed by atoms with Gasteiger partial charge in [-0.15, -0.1) is 11.3 Å². The number of allylic oxidation sites excluding steroid dienone is 2. The first kappa shape index (κ1) is 21.4. The van der Waals surface area contributed by atoms with Crippen LogP contribution in [0.2, 0.25) is 0 Å². The van der Waals surface area contributed by atoms with Crippen LogP contribution >= 0.6 is 11.3 Å². The number of benzene rings is 1. The summed E-state index contributed by atoms with van der Waals surface area (Å²) in [5.41, 5.74) is 2.66. The molecule has 2 aromatic rings. The molecule has 3 aliphatic rings. The summed E-state index contributed by atoms with van der Waals surface area (Å²) in [7, 11) is -1.11. The van der Waals surface area contributed by atoms with E-state index in [0.717, 1.165) is 21.5 Å². The molecule has 4 atom stereocenters. The number of rotatable bonds is 4. The fourth-order valence-corrected chi connectivity index (χ4v) is 6.28. The molecule has 166 valence electrons. The minimum atomic E-state index is -1.11. The molecule has 8 heteroatoms. The molecule has 1 aromatic heterocycles. The molecule has 3 heterocycles. The Morgan fingerprint density at radius 2 is 1.91 bits per heavy atom. The van der Waals surface area contributed by atoms with Crippen LogP contribution in [0.1, 0.15) is 43.2 Å². The molecule has 2 N–H and O–H groups in total. The number of nitrogens with zero attached hydrogens (tertiary/aromatic N) is 1. The van der Waals surface area contributed by atoms with Gasteiger partial charge in [0.2, 0.25) is 11.8 Å². The highest BCUT2D eigenvalue weighted by Gasteiger charge is 2.57. The van der Waals surface area contributed by atoms with Crippen molar-refractivity contribution in [3.05, 3.63) is 63.3 Å². The van der Waals surface area contributed by atoms with E-state index in [2.05, 4.69) is 13.8 Å². The average Bonchev–Trinajstić information content (AvgIpc) is 3.36. The molecule has 2 aliphatic heterocycles. The number of phenolic OH excluding ortho intramolecular Hbond substituents is 1. The molecule has 5 rings (SSSR count). The van der Waals surface area contributed by atoms with Crippen molar-refractivity contribution in [3.8, 4) is 5.75 Å². The molecule has 1 aliphatic carbocycles. The van der Waals surface area contributed by atoms with Crippen LogP contribution in [-0.4, -0.2) is 34.0 Å². The lowest BCUT2D eigenvalue weighted by Crippen LogP contribution is -2.45. The topological polar surface area (TPSA) is 87.1 Å². The van der Waals surface area contributed by atoms with Crippen molar-refractivity contribution in [2.45, 2.75) is 39.3 Å². The maximum atomic E-state index is 13.5. The number of carbonyl (C=O) groups is 2. The number of amides is 2. The summed E-state index contributed by atoms with van der Waals surface area (Å²) >= 11 is 1.54. The summed E-state index contributed by atoms with van der Waals surface area (Å²) in [5.74, 6) is -1.06. The SMILES string of the molecule is CC(C)C1=C2B(O)O[C@H](c3ccc(O)cc3)C[C@H]2[C@H]2C(=O)N(Cc3cccs3)C(=O)[C@H]2C1. The number of thiophene rings is 1. The molecule has 2 saturated heterocycles. The monoisotopic (exact) mass is 451 g/mol. The maximum absolute atomic E-state index is 13.5. The van der Waals surface area contributed by atoms with Gasteiger partial charge in [0.1, 0.15) is 5.75 Å². The van der Waals surface area contributed by atoms with Crippen LogP contribution in [-0.2, 0) is 20.8 Å². The number of hydrogen-bond acceptors (Lipinski definition) is 6. The standard InChI is InChI=1S/C24H26BNO5S/c1-13(2)17-10-19-21(24(29)26(23(19)28)12-16-4-3-9-32-16)18-11-20(31-25(30)22(17)18)14-5-7-15(27)8-6-14/h3-9,13,18-21,27,30H,10-12H2,1-2H3/t18-,19-,20-,21+/m0/s1. The first-order valence-electron chi connectivity index (χ1n) is 11.1. The summed E-state index contributed by atoms with van der Waals surface area (Å²) in [5, 5.41) is 22.6. The van der Waals surface area contributed by atoms with Gasteiger partial charge in [-0.2, -0.15) is 0 Å². The van der Waals surface area contributed by atoms with E-state index in [1.54, 1.807) is 24.3 Å². The van der Waals surface area contributed by atoms with Crippen molar-refractivity contribution in [2.75, 3.05) is 0 Å². The molecule has 0 spiro atoms. The predicted molar refractivity (Wildman–Crippen MR) is 121 cm³/mol. The number of hydrogen-bond donors (Lipinski definition) is 2. The van der Waals surface area contributed by atoms with E-state index in [-0.39, 0.29) is 35.3 Å². The van der Waals surface area contributed by atoms with Crippen LogP contribution in [0, 0.1) is 23.7 Å². The van der Waals surface area contributed by atoms with Gasteiger partial charge in [-0.3, -0.25) is 14.5 Å². The van der Waals surface area contributed by atoms with E-state index in [1.165, 1.54) is 16.2 Å². The summed E-state index contributed by atoms with van der Waals surface area (Å²) in [6.45, 7) is 4.42. The molecule has 2 fully saturated rings. The minimum absolute atomic E-state index is 0.104. The van der Waals surface area contributed by atoms with E-state index in [4.69, 9.17) is 4.65 Å². The Hall–Kier alpha value is -2.42. The van der Waals surface area contributed by atoms with Gasteiger partial charge in [-0.05, 0) is 59.3 Å². The van der Waals surface area contributed by atoms with Gasteiger partial charge < -0.3 is 14.8 Å². The van der Waals surface area contributed by atoms with Crippen LogP contribution in [0.15, 0.2) is 52.8 Å². The van der Waals surface area contributed by atoms with Gasteiger partial charge in [0.15, 0.2) is 0 Å². The molecule has 0 saturated carbocycles. The van der Waals surface area contributed by atoms with Gasteiger partial charge in [-0.25, -0.2) is 0 Å². The largest absolute Gasteiger partial charge is 0.508 e. The molecular weight excluding hydrogens is 425 g/mol. The number of imide groups is 1. The quantitative estimate of drug-likeness (QED) is 0.547. The second-order valence-electron chi connectivity index (χ2n) is 9.22. The fraction of sp³-hybridized carbons (Fsp3) is 0.417. The first-order chi connectivity index (χ1) is 15.3. The summed E-state index contributed by atoms with van der Waals surface area (Å²) in [6, 6.07) is 10.6. The van der Waals surface area contributed by atoms with E-state index in [9.17, 15) is 19.7 Å². The zero-order valence-corrected chi connectivity index (χ0v) is 18.9. The molecule has 0 unspecified atom stereocenters. The third-order valence-corrected chi connectivity index (χ3v) is 7.96. The summed E-state index contributed by atoms with van der Waals surface area (Å²) < 4.78 is 5.99. The number of phenols is 1. The van der Waals surface area contributed by atoms with Crippen LogP contribution in [0.3, 0.4) is 0 Å². The number of fused-ring (bicyclic) bond motifs is 3. The van der Waals surface area contributed by atoms with Crippen molar-refractivity contribution < 1.29 is 24.4 Å². The van der Waals surface area contributed by atoms with Gasteiger partial charge in [0.05, 0.1) is 24.5 Å². The Kier molecular flexibility index (Phi) is 5.47. The average molecular weight is 451 g/mol. The fourth-order valence-electron chi connectivity index (χ4n) is 5.58. The number of aromatic hydroxyl groups is 1. The highest BCUT2D eigenvalue weighted by Crippen LogP contribution is 2.52. The third kappa shape index (κ3) is 3.50. The second kappa shape index (κ2) is 8.17. The lowest BCUT2D eigenvalue weighted by Gasteiger charge is -2.43. The lowest BCUT2D eigenvalue weighted by atomic mass is 9.54. The van der Waals surface area contributed by atoms with Gasteiger partial charge in [0, 0.05) is 4.88 Å². The van der Waals surface area contributed by atoms with Gasteiger partial charge in [0.25, 0.3) is 0 Å². The highest BCUT2D eigenvalue weighted by atomic mass is 32.1. The van der Waals surface area contributed by atoms with Gasteiger partial charge >= 0.3 is 7.12 Å². The van der Waals surface area contributed by atoms with Gasteiger partial charge in [-0.1, -0.05) is 37.6 Å². The summed E-state index contributed by atoms with van der Waals surface area (Å²) in [6.07, 6.45) is 0.588. The molecule has 32 heavy (non-hydrogen) atoms. The molecule has 0 bridgehead atoms. The van der Waals surface area contributed by atoms with Crippen LogP contribution in [0.4, 0.5) is 0 Å². The van der Waals surface area contributed by atoms with E-state index in [0.29, 0.717) is 19.4 Å². The first-order valence-corrected chi connectivity index (χ1v) is 12.0. The summed E-state index contributed by atoms with van der Waals surface area (Å²) in [4.78, 5) is 29.3. The number of likely N-dealkylation sites (tertiary alicyclic amines) is 1. The Morgan fingerprint density at radius 3 is 2.56 bits per heavy atom. The van der Waals surface area contributed by atoms with Crippen molar-refractivity contribution in [2.24, 2.45) is 23.7 Å². The predicted octanol–water partition coefficient (Wildman–Crippen LogP) is 3.71. The van der Waals surface area contributed by atoms with E-state index < -0.39 is 19.1 Å². The van der Waals surface area contributed by atoms with Crippen molar-refractivity contribution in [1.82, 2.24) is 4.90 Å². The molecule has 2 amide bonds. The Balaban J connectivity index is 1.51. The van der Waals surface area contributed by atoms with Crippen molar-refractivity contribution in [3.63, 3.8) is 0 Å². The van der Waals surface area contributed by atoms with E-state index in [1.807, 2.05) is 17.5 Å². The zero-order valence-electron chi connectivity index (χ0n) is 18.1. The minimum Gasteiger partial charge on any atom is -0.508 e. The normalized spacial score (nSPS) is 27.9. The molecular formula is C24H26BNO5S.